The molecule has 0 atom stereocenters. The molecule has 2 rings (SSSR count). The molecule has 0 unspecified atom stereocenters. The Morgan fingerprint density at radius 1 is 1.25 bits per heavy atom. The first-order chi connectivity index (χ1) is 5.77. The molecule has 0 aliphatic heterocycles. The van der Waals surface area contributed by atoms with Gasteiger partial charge in [-0.3, -0.25) is 0 Å². The van der Waals surface area contributed by atoms with Crippen molar-refractivity contribution in [3.8, 4) is 0 Å². The largest absolute Gasteiger partial charge is 0.428 e. The van der Waals surface area contributed by atoms with Crippen LogP contribution in [0.3, 0.4) is 0 Å². The van der Waals surface area contributed by atoms with Crippen molar-refractivity contribution in [2.75, 3.05) is 0 Å². The van der Waals surface area contributed by atoms with E-state index in [9.17, 15) is 4.79 Å². The summed E-state index contributed by atoms with van der Waals surface area (Å²) in [5.74, 6) is 0.652. The second-order valence-corrected chi connectivity index (χ2v) is 2.73. The van der Waals surface area contributed by atoms with Crippen LogP contribution in [0.25, 0.3) is 10.8 Å². The lowest BCUT2D eigenvalue weighted by atomic mass is 10.2. The van der Waals surface area contributed by atoms with Crippen LogP contribution >= 0.6 is 0 Å². The lowest BCUT2D eigenvalue weighted by Crippen LogP contribution is -1.99. The minimum absolute atomic E-state index is 0.259. The van der Waals surface area contributed by atoms with Gasteiger partial charge in [0.1, 0.15) is 5.76 Å². The van der Waals surface area contributed by atoms with Crippen LogP contribution in [0.1, 0.15) is 5.76 Å². The lowest BCUT2D eigenvalue weighted by molar-refractivity contribution is 0.488. The van der Waals surface area contributed by atoms with Gasteiger partial charge in [0.25, 0.3) is 0 Å². The van der Waals surface area contributed by atoms with Gasteiger partial charge in [-0.25, -0.2) is 4.79 Å². The Morgan fingerprint density at radius 3 is 2.83 bits per heavy atom. The molecule has 0 amide bonds. The maximum atomic E-state index is 11.2. The summed E-state index contributed by atoms with van der Waals surface area (Å²) >= 11 is 0. The molecule has 0 aliphatic carbocycles. The Balaban J connectivity index is 2.99. The molecule has 0 saturated heterocycles. The summed E-state index contributed by atoms with van der Waals surface area (Å²) in [6.07, 6.45) is 0. The third kappa shape index (κ3) is 1.01. The minimum atomic E-state index is -0.259. The molecule has 12 heavy (non-hydrogen) atoms. The highest BCUT2D eigenvalue weighted by Gasteiger charge is 1.98. The van der Waals surface area contributed by atoms with Crippen molar-refractivity contribution in [2.24, 2.45) is 0 Å². The molecular weight excluding hydrogens is 152 g/mol. The number of hydrogen-bond donors (Lipinski definition) is 0. The Kier molecular flexibility index (Phi) is 1.47. The third-order valence-corrected chi connectivity index (χ3v) is 1.79. The SMILES string of the molecule is Cc1cc2ccccc2c(=O)o1. The highest BCUT2D eigenvalue weighted by atomic mass is 16.4. The van der Waals surface area contributed by atoms with Crippen LogP contribution in [0.4, 0.5) is 0 Å². The summed E-state index contributed by atoms with van der Waals surface area (Å²) in [4.78, 5) is 11.2. The normalized spacial score (nSPS) is 10.4. The molecule has 0 saturated carbocycles. The first kappa shape index (κ1) is 7.10. The van der Waals surface area contributed by atoms with Gasteiger partial charge in [0, 0.05) is 0 Å². The first-order valence-corrected chi connectivity index (χ1v) is 3.77. The van der Waals surface area contributed by atoms with E-state index in [1.165, 1.54) is 0 Å². The van der Waals surface area contributed by atoms with E-state index in [-0.39, 0.29) is 5.63 Å². The van der Waals surface area contributed by atoms with Crippen LogP contribution in [0.15, 0.2) is 39.5 Å². The third-order valence-electron chi connectivity index (χ3n) is 1.79. The van der Waals surface area contributed by atoms with E-state index >= 15 is 0 Å². The molecule has 0 N–H and O–H groups in total. The lowest BCUT2D eigenvalue weighted by Gasteiger charge is -1.95. The number of fused-ring (bicyclic) bond motifs is 1. The number of benzene rings is 1. The number of hydrogen-bond acceptors (Lipinski definition) is 2. The fraction of sp³-hybridized carbons (Fsp3) is 0.100. The Morgan fingerprint density at radius 2 is 2.00 bits per heavy atom. The molecule has 0 fully saturated rings. The van der Waals surface area contributed by atoms with Gasteiger partial charge in [0.15, 0.2) is 0 Å². The van der Waals surface area contributed by atoms with E-state index in [2.05, 4.69) is 0 Å². The summed E-state index contributed by atoms with van der Waals surface area (Å²) in [7, 11) is 0. The van der Waals surface area contributed by atoms with Gasteiger partial charge >= 0.3 is 5.63 Å². The van der Waals surface area contributed by atoms with Crippen LogP contribution in [0.5, 0.6) is 0 Å². The van der Waals surface area contributed by atoms with E-state index in [1.54, 1.807) is 13.0 Å². The predicted molar refractivity (Wildman–Crippen MR) is 47.2 cm³/mol. The fourth-order valence-corrected chi connectivity index (χ4v) is 1.26. The maximum Gasteiger partial charge on any atom is 0.343 e. The molecule has 0 spiro atoms. The van der Waals surface area contributed by atoms with Crippen LogP contribution in [-0.2, 0) is 0 Å². The number of aryl methyl sites for hydroxylation is 1. The Hall–Kier alpha value is -1.57. The van der Waals surface area contributed by atoms with Crippen molar-refractivity contribution in [2.45, 2.75) is 6.92 Å². The molecular formula is C10H8O2. The number of rotatable bonds is 0. The van der Waals surface area contributed by atoms with Crippen LogP contribution < -0.4 is 5.63 Å². The molecule has 1 aromatic heterocycles. The molecule has 60 valence electrons. The van der Waals surface area contributed by atoms with E-state index in [1.807, 2.05) is 24.3 Å². The van der Waals surface area contributed by atoms with Gasteiger partial charge < -0.3 is 4.42 Å². The van der Waals surface area contributed by atoms with Crippen LogP contribution in [0.2, 0.25) is 0 Å². The van der Waals surface area contributed by atoms with Crippen molar-refractivity contribution < 1.29 is 4.42 Å². The zero-order valence-corrected chi connectivity index (χ0v) is 6.70. The molecule has 1 aromatic carbocycles. The van der Waals surface area contributed by atoms with Gasteiger partial charge in [0.2, 0.25) is 0 Å². The van der Waals surface area contributed by atoms with Gasteiger partial charge in [-0.15, -0.1) is 0 Å². The fourth-order valence-electron chi connectivity index (χ4n) is 1.26. The van der Waals surface area contributed by atoms with E-state index in [0.717, 1.165) is 5.39 Å². The molecule has 0 bridgehead atoms. The second-order valence-electron chi connectivity index (χ2n) is 2.73. The molecule has 0 radical (unpaired) electrons. The molecule has 0 aliphatic rings. The van der Waals surface area contributed by atoms with Crippen molar-refractivity contribution in [1.82, 2.24) is 0 Å². The average Bonchev–Trinajstić information content (AvgIpc) is 2.04. The van der Waals surface area contributed by atoms with Crippen molar-refractivity contribution >= 4 is 10.8 Å². The molecule has 2 heteroatoms. The van der Waals surface area contributed by atoms with Gasteiger partial charge in [-0.2, -0.15) is 0 Å². The molecule has 2 aromatic rings. The highest BCUT2D eigenvalue weighted by molar-refractivity contribution is 5.80. The van der Waals surface area contributed by atoms with Crippen molar-refractivity contribution in [3.05, 3.63) is 46.5 Å². The summed E-state index contributed by atoms with van der Waals surface area (Å²) in [5, 5.41) is 1.58. The van der Waals surface area contributed by atoms with Crippen molar-refractivity contribution in [3.63, 3.8) is 0 Å². The molecule has 1 heterocycles. The quantitative estimate of drug-likeness (QED) is 0.590. The average molecular weight is 160 g/mol. The minimum Gasteiger partial charge on any atom is -0.428 e. The van der Waals surface area contributed by atoms with Gasteiger partial charge in [0.05, 0.1) is 5.39 Å². The Labute approximate surface area is 69.4 Å². The zero-order valence-electron chi connectivity index (χ0n) is 6.70. The van der Waals surface area contributed by atoms with E-state index in [4.69, 9.17) is 4.42 Å². The van der Waals surface area contributed by atoms with Crippen LogP contribution in [-0.4, -0.2) is 0 Å². The maximum absolute atomic E-state index is 11.2. The standard InChI is InChI=1S/C10H8O2/c1-7-6-8-4-2-3-5-9(8)10(11)12-7/h2-6H,1H3. The topological polar surface area (TPSA) is 30.2 Å². The Bertz CT molecular complexity index is 468. The van der Waals surface area contributed by atoms with Gasteiger partial charge in [-0.1, -0.05) is 18.2 Å². The summed E-state index contributed by atoms with van der Waals surface area (Å²) in [6.45, 7) is 1.77. The summed E-state index contributed by atoms with van der Waals surface area (Å²) in [5.41, 5.74) is -0.259. The summed E-state index contributed by atoms with van der Waals surface area (Å²) in [6, 6.07) is 9.26. The van der Waals surface area contributed by atoms with E-state index in [0.29, 0.717) is 11.1 Å². The van der Waals surface area contributed by atoms with Crippen molar-refractivity contribution in [1.29, 1.82) is 0 Å². The molecule has 2 nitrogen and oxygen atoms in total. The van der Waals surface area contributed by atoms with Gasteiger partial charge in [-0.05, 0) is 24.4 Å². The zero-order chi connectivity index (χ0) is 8.55. The van der Waals surface area contributed by atoms with E-state index < -0.39 is 0 Å². The summed E-state index contributed by atoms with van der Waals surface area (Å²) < 4.78 is 4.93. The van der Waals surface area contributed by atoms with Crippen LogP contribution in [0, 0.1) is 6.92 Å². The predicted octanol–water partition coefficient (Wildman–Crippen LogP) is 2.10. The smallest absolute Gasteiger partial charge is 0.343 e. The first-order valence-electron chi connectivity index (χ1n) is 3.77. The highest BCUT2D eigenvalue weighted by Crippen LogP contribution is 2.10. The second kappa shape index (κ2) is 2.48. The monoisotopic (exact) mass is 160 g/mol.